The van der Waals surface area contributed by atoms with Crippen LogP contribution in [0.4, 0.5) is 0 Å². The summed E-state index contributed by atoms with van der Waals surface area (Å²) >= 11 is 7.17. The lowest BCUT2D eigenvalue weighted by atomic mass is 9.78. The van der Waals surface area contributed by atoms with Crippen LogP contribution in [-0.4, -0.2) is 12.4 Å². The molecule has 0 saturated carbocycles. The van der Waals surface area contributed by atoms with Crippen molar-refractivity contribution in [1.29, 1.82) is 0 Å². The van der Waals surface area contributed by atoms with Crippen LogP contribution >= 0.6 is 31.9 Å². The van der Waals surface area contributed by atoms with Crippen LogP contribution in [0.15, 0.2) is 10.5 Å². The molecule has 0 heterocycles. The Hall–Kier alpha value is -0.0200. The Morgan fingerprint density at radius 3 is 2.35 bits per heavy atom. The maximum absolute atomic E-state index is 5.61. The average Bonchev–Trinajstić information content (AvgIpc) is 2.22. The first-order valence-corrected chi connectivity index (χ1v) is 7.66. The van der Waals surface area contributed by atoms with Crippen molar-refractivity contribution < 1.29 is 4.74 Å². The van der Waals surface area contributed by atoms with Crippen LogP contribution in [-0.2, 0) is 5.41 Å². The number of rotatable bonds is 4. The van der Waals surface area contributed by atoms with Crippen molar-refractivity contribution in [1.82, 2.24) is 0 Å². The Morgan fingerprint density at radius 1 is 1.29 bits per heavy atom. The summed E-state index contributed by atoms with van der Waals surface area (Å²) in [4.78, 5) is 0. The third-order valence-electron chi connectivity index (χ3n) is 3.26. The van der Waals surface area contributed by atoms with Gasteiger partial charge in [-0.25, -0.2) is 0 Å². The third kappa shape index (κ3) is 3.05. The van der Waals surface area contributed by atoms with Crippen molar-refractivity contribution in [2.24, 2.45) is 0 Å². The number of ether oxygens (including phenoxy) is 1. The second kappa shape index (κ2) is 5.75. The first kappa shape index (κ1) is 15.0. The van der Waals surface area contributed by atoms with E-state index in [0.29, 0.717) is 0 Å². The summed E-state index contributed by atoms with van der Waals surface area (Å²) in [5.41, 5.74) is 3.88. The van der Waals surface area contributed by atoms with Gasteiger partial charge in [-0.3, -0.25) is 0 Å². The standard InChI is InChI=1S/C14H20Br2O/c1-9-8-11(16)10(2)12(13(9)17-5)14(3,4)6-7-15/h8H,6-7H2,1-5H3. The van der Waals surface area contributed by atoms with Crippen molar-refractivity contribution >= 4 is 31.9 Å². The molecule has 0 amide bonds. The van der Waals surface area contributed by atoms with Crippen LogP contribution in [0.3, 0.4) is 0 Å². The number of methoxy groups -OCH3 is 1. The monoisotopic (exact) mass is 362 g/mol. The molecule has 96 valence electrons. The van der Waals surface area contributed by atoms with E-state index < -0.39 is 0 Å². The van der Waals surface area contributed by atoms with Gasteiger partial charge in [0.05, 0.1) is 7.11 Å². The van der Waals surface area contributed by atoms with Gasteiger partial charge < -0.3 is 4.74 Å². The molecule has 0 spiro atoms. The normalized spacial score (nSPS) is 11.7. The lowest BCUT2D eigenvalue weighted by Crippen LogP contribution is -2.21. The Bertz CT molecular complexity index is 411. The molecule has 1 aromatic rings. The smallest absolute Gasteiger partial charge is 0.125 e. The van der Waals surface area contributed by atoms with Crippen LogP contribution in [0.2, 0.25) is 0 Å². The molecule has 0 aliphatic heterocycles. The highest BCUT2D eigenvalue weighted by atomic mass is 79.9. The molecule has 17 heavy (non-hydrogen) atoms. The van der Waals surface area contributed by atoms with Crippen LogP contribution in [0, 0.1) is 13.8 Å². The average molecular weight is 364 g/mol. The third-order valence-corrected chi connectivity index (χ3v) is 4.48. The number of alkyl halides is 1. The Balaban J connectivity index is 3.49. The number of hydrogen-bond donors (Lipinski definition) is 0. The van der Waals surface area contributed by atoms with E-state index in [0.717, 1.165) is 22.0 Å². The second-order valence-corrected chi connectivity index (χ2v) is 6.68. The van der Waals surface area contributed by atoms with E-state index in [1.807, 2.05) is 0 Å². The first-order valence-electron chi connectivity index (χ1n) is 5.75. The van der Waals surface area contributed by atoms with Gasteiger partial charge in [0.25, 0.3) is 0 Å². The summed E-state index contributed by atoms with van der Waals surface area (Å²) in [6, 6.07) is 2.13. The minimum Gasteiger partial charge on any atom is -0.496 e. The molecule has 0 bridgehead atoms. The number of halogens is 2. The molecule has 3 heteroatoms. The fourth-order valence-corrected chi connectivity index (χ4v) is 3.82. The molecular weight excluding hydrogens is 344 g/mol. The minimum absolute atomic E-state index is 0.105. The predicted molar refractivity (Wildman–Crippen MR) is 81.6 cm³/mol. The largest absolute Gasteiger partial charge is 0.496 e. The maximum Gasteiger partial charge on any atom is 0.125 e. The van der Waals surface area contributed by atoms with Gasteiger partial charge in [0.1, 0.15) is 5.75 Å². The minimum atomic E-state index is 0.105. The Labute approximate surface area is 121 Å². The highest BCUT2D eigenvalue weighted by Crippen LogP contribution is 2.41. The van der Waals surface area contributed by atoms with Gasteiger partial charge in [-0.15, -0.1) is 0 Å². The lowest BCUT2D eigenvalue weighted by Gasteiger charge is -2.30. The van der Waals surface area contributed by atoms with Crippen molar-refractivity contribution in [2.45, 2.75) is 39.5 Å². The van der Waals surface area contributed by atoms with Crippen molar-refractivity contribution in [3.8, 4) is 5.75 Å². The van der Waals surface area contributed by atoms with Gasteiger partial charge in [-0.05, 0) is 42.9 Å². The van der Waals surface area contributed by atoms with E-state index in [1.165, 1.54) is 16.7 Å². The summed E-state index contributed by atoms with van der Waals surface area (Å²) in [7, 11) is 1.75. The fraction of sp³-hybridized carbons (Fsp3) is 0.571. The lowest BCUT2D eigenvalue weighted by molar-refractivity contribution is 0.386. The fourth-order valence-electron chi connectivity index (χ4n) is 2.29. The molecule has 0 unspecified atom stereocenters. The van der Waals surface area contributed by atoms with E-state index in [9.17, 15) is 0 Å². The Kier molecular flexibility index (Phi) is 5.08. The highest BCUT2D eigenvalue weighted by molar-refractivity contribution is 9.10. The highest BCUT2D eigenvalue weighted by Gasteiger charge is 2.27. The van der Waals surface area contributed by atoms with Gasteiger partial charge in [0, 0.05) is 15.4 Å². The number of benzene rings is 1. The molecule has 0 fully saturated rings. The van der Waals surface area contributed by atoms with Crippen LogP contribution in [0.25, 0.3) is 0 Å². The number of aryl methyl sites for hydroxylation is 1. The summed E-state index contributed by atoms with van der Waals surface area (Å²) in [5, 5.41) is 0.994. The summed E-state index contributed by atoms with van der Waals surface area (Å²) in [6.07, 6.45) is 1.08. The molecule has 0 saturated heterocycles. The summed E-state index contributed by atoms with van der Waals surface area (Å²) < 4.78 is 6.77. The Morgan fingerprint density at radius 2 is 1.88 bits per heavy atom. The zero-order valence-corrected chi connectivity index (χ0v) is 14.3. The van der Waals surface area contributed by atoms with E-state index in [-0.39, 0.29) is 5.41 Å². The second-order valence-electron chi connectivity index (χ2n) is 5.03. The quantitative estimate of drug-likeness (QED) is 0.673. The molecule has 0 N–H and O–H groups in total. The van der Waals surface area contributed by atoms with Gasteiger partial charge in [0.15, 0.2) is 0 Å². The summed E-state index contributed by atoms with van der Waals surface area (Å²) in [5.74, 6) is 1.02. The van der Waals surface area contributed by atoms with Crippen molar-refractivity contribution in [3.05, 3.63) is 27.2 Å². The van der Waals surface area contributed by atoms with Crippen LogP contribution in [0.5, 0.6) is 5.75 Å². The molecule has 0 atom stereocenters. The van der Waals surface area contributed by atoms with Gasteiger partial charge >= 0.3 is 0 Å². The molecule has 1 nitrogen and oxygen atoms in total. The van der Waals surface area contributed by atoms with Crippen LogP contribution in [0.1, 0.15) is 37.0 Å². The van der Waals surface area contributed by atoms with Gasteiger partial charge in [-0.1, -0.05) is 45.7 Å². The zero-order chi connectivity index (χ0) is 13.2. The van der Waals surface area contributed by atoms with Crippen LogP contribution < -0.4 is 4.74 Å². The van der Waals surface area contributed by atoms with E-state index >= 15 is 0 Å². The molecule has 1 aromatic carbocycles. The maximum atomic E-state index is 5.61. The molecule has 0 aromatic heterocycles. The molecule has 0 aliphatic carbocycles. The molecule has 1 rings (SSSR count). The van der Waals surface area contributed by atoms with E-state index in [2.05, 4.69) is 65.6 Å². The predicted octanol–water partition coefficient (Wildman–Crippen LogP) is 5.14. The van der Waals surface area contributed by atoms with E-state index in [4.69, 9.17) is 4.74 Å². The SMILES string of the molecule is COc1c(C)cc(Br)c(C)c1C(C)(C)CCBr. The molecule has 0 radical (unpaired) electrons. The first-order chi connectivity index (χ1) is 7.85. The molecule has 0 aliphatic rings. The topological polar surface area (TPSA) is 9.23 Å². The van der Waals surface area contributed by atoms with Gasteiger partial charge in [0.2, 0.25) is 0 Å². The molecular formula is C14H20Br2O. The van der Waals surface area contributed by atoms with Crippen molar-refractivity contribution in [3.63, 3.8) is 0 Å². The summed E-state index contributed by atoms with van der Waals surface area (Å²) in [6.45, 7) is 8.78. The zero-order valence-electron chi connectivity index (χ0n) is 11.2. The number of hydrogen-bond acceptors (Lipinski definition) is 1. The van der Waals surface area contributed by atoms with Crippen molar-refractivity contribution in [2.75, 3.05) is 12.4 Å². The van der Waals surface area contributed by atoms with E-state index in [1.54, 1.807) is 7.11 Å². The van der Waals surface area contributed by atoms with Gasteiger partial charge in [-0.2, -0.15) is 0 Å².